The molecular formula is C26H29N5O3. The van der Waals surface area contributed by atoms with Gasteiger partial charge in [0.2, 0.25) is 0 Å². The Morgan fingerprint density at radius 3 is 2.79 bits per heavy atom. The maximum atomic E-state index is 13.5. The summed E-state index contributed by atoms with van der Waals surface area (Å²) in [6, 6.07) is 11.1. The van der Waals surface area contributed by atoms with Gasteiger partial charge in [0, 0.05) is 30.4 Å². The van der Waals surface area contributed by atoms with E-state index < -0.39 is 0 Å². The first-order valence-electron chi connectivity index (χ1n) is 11.6. The molecule has 0 fully saturated rings. The first-order chi connectivity index (χ1) is 16.5. The molecule has 3 heterocycles. The van der Waals surface area contributed by atoms with Crippen LogP contribution >= 0.6 is 0 Å². The first kappa shape index (κ1) is 22.0. The van der Waals surface area contributed by atoms with Gasteiger partial charge >= 0.3 is 6.03 Å². The molecule has 8 nitrogen and oxygen atoms in total. The minimum absolute atomic E-state index is 0.0110. The Labute approximate surface area is 198 Å². The molecule has 2 amide bonds. The van der Waals surface area contributed by atoms with Crippen LogP contribution in [0.5, 0.6) is 5.75 Å². The number of pyridine rings is 1. The lowest BCUT2D eigenvalue weighted by Gasteiger charge is -2.31. The summed E-state index contributed by atoms with van der Waals surface area (Å²) >= 11 is 0. The summed E-state index contributed by atoms with van der Waals surface area (Å²) in [6.07, 6.45) is 9.11. The predicted octanol–water partition coefficient (Wildman–Crippen LogP) is 3.97. The normalized spacial score (nSPS) is 19.2. The number of aromatic nitrogens is 3. The lowest BCUT2D eigenvalue weighted by atomic mass is 9.88. The van der Waals surface area contributed by atoms with Gasteiger partial charge in [-0.2, -0.15) is 0 Å². The quantitative estimate of drug-likeness (QED) is 0.578. The van der Waals surface area contributed by atoms with Gasteiger partial charge in [-0.3, -0.25) is 14.8 Å². The van der Waals surface area contributed by atoms with Crippen LogP contribution in [0.1, 0.15) is 37.3 Å². The number of ether oxygens (including phenoxy) is 1. The summed E-state index contributed by atoms with van der Waals surface area (Å²) in [5, 5.41) is 6.38. The zero-order chi connectivity index (χ0) is 23.7. The monoisotopic (exact) mass is 459 g/mol. The maximum Gasteiger partial charge on any atom is 0.323 e. The molecule has 1 unspecified atom stereocenters. The number of hydrogen-bond acceptors (Lipinski definition) is 4. The number of methoxy groups -OCH3 is 1. The Hall–Kier alpha value is -3.81. The van der Waals surface area contributed by atoms with Gasteiger partial charge < -0.3 is 10.1 Å². The molecule has 0 saturated heterocycles. The molecule has 34 heavy (non-hydrogen) atoms. The summed E-state index contributed by atoms with van der Waals surface area (Å²) in [7, 11) is 1.62. The number of H-pyrrole nitrogens is 1. The molecule has 0 radical (unpaired) electrons. The average molecular weight is 460 g/mol. The Balaban J connectivity index is 1.43. The van der Waals surface area contributed by atoms with Gasteiger partial charge in [-0.05, 0) is 62.4 Å². The first-order valence-corrected chi connectivity index (χ1v) is 11.6. The molecule has 2 aliphatic rings. The van der Waals surface area contributed by atoms with Gasteiger partial charge in [0.25, 0.3) is 5.56 Å². The van der Waals surface area contributed by atoms with Crippen LogP contribution < -0.4 is 20.5 Å². The largest absolute Gasteiger partial charge is 0.497 e. The number of rotatable bonds is 4. The number of allylic oxidation sites excluding steroid dienone is 2. The van der Waals surface area contributed by atoms with E-state index in [9.17, 15) is 9.59 Å². The van der Waals surface area contributed by atoms with E-state index in [2.05, 4.69) is 34.5 Å². The Morgan fingerprint density at radius 2 is 2.06 bits per heavy atom. The molecule has 1 atom stereocenters. The lowest BCUT2D eigenvalue weighted by molar-refractivity contribution is 0.245. The van der Waals surface area contributed by atoms with E-state index in [-0.39, 0.29) is 17.1 Å². The number of urea groups is 1. The topological polar surface area (TPSA) is 92.2 Å². The number of benzene rings is 1. The van der Waals surface area contributed by atoms with Crippen LogP contribution in [0.25, 0.3) is 11.3 Å². The van der Waals surface area contributed by atoms with Crippen molar-refractivity contribution < 1.29 is 9.53 Å². The van der Waals surface area contributed by atoms with Gasteiger partial charge in [0.05, 0.1) is 18.3 Å². The molecule has 3 aromatic rings. The molecule has 2 aromatic heterocycles. The number of nitrogens with zero attached hydrogens (tertiary/aromatic N) is 3. The Kier molecular flexibility index (Phi) is 5.73. The second-order valence-corrected chi connectivity index (χ2v) is 9.10. The second kappa shape index (κ2) is 8.85. The number of anilines is 1. The number of amides is 2. The van der Waals surface area contributed by atoms with Gasteiger partial charge in [-0.15, -0.1) is 0 Å². The molecule has 0 spiro atoms. The summed E-state index contributed by atoms with van der Waals surface area (Å²) in [5.74, 6) is 1.32. The van der Waals surface area contributed by atoms with E-state index >= 15 is 0 Å². The van der Waals surface area contributed by atoms with Gasteiger partial charge in [0.1, 0.15) is 11.6 Å². The van der Waals surface area contributed by atoms with Crippen LogP contribution in [0.2, 0.25) is 0 Å². The predicted molar refractivity (Wildman–Crippen MR) is 131 cm³/mol. The van der Waals surface area contributed by atoms with Crippen molar-refractivity contribution in [2.24, 2.45) is 0 Å². The average Bonchev–Trinajstić information content (AvgIpc) is 3.11. The van der Waals surface area contributed by atoms with Crippen LogP contribution in [-0.2, 0) is 18.5 Å². The van der Waals surface area contributed by atoms with Crippen molar-refractivity contribution >= 4 is 11.8 Å². The van der Waals surface area contributed by atoms with Gasteiger partial charge in [-0.25, -0.2) is 14.5 Å². The van der Waals surface area contributed by atoms with Gasteiger partial charge in [0.15, 0.2) is 0 Å². The molecule has 1 aliphatic carbocycles. The number of fused-ring (bicyclic) bond motifs is 3. The van der Waals surface area contributed by atoms with E-state index in [1.54, 1.807) is 22.9 Å². The highest BCUT2D eigenvalue weighted by Crippen LogP contribution is 2.35. The Morgan fingerprint density at radius 1 is 1.24 bits per heavy atom. The fourth-order valence-electron chi connectivity index (χ4n) is 4.81. The van der Waals surface area contributed by atoms with Crippen LogP contribution in [0, 0.1) is 0 Å². The minimum Gasteiger partial charge on any atom is -0.497 e. The van der Waals surface area contributed by atoms with Crippen LogP contribution in [-0.4, -0.2) is 34.5 Å². The maximum absolute atomic E-state index is 13.5. The van der Waals surface area contributed by atoms with Crippen LogP contribution in [0.4, 0.5) is 10.6 Å². The van der Waals surface area contributed by atoms with Crippen LogP contribution in [0.15, 0.2) is 59.5 Å². The molecule has 0 saturated carbocycles. The van der Waals surface area contributed by atoms with E-state index in [4.69, 9.17) is 4.74 Å². The molecule has 5 rings (SSSR count). The van der Waals surface area contributed by atoms with Crippen molar-refractivity contribution in [3.8, 4) is 17.0 Å². The molecule has 1 aromatic carbocycles. The molecule has 176 valence electrons. The second-order valence-electron chi connectivity index (χ2n) is 9.10. The number of carbonyl (C=O) groups excluding carboxylic acids is 1. The van der Waals surface area contributed by atoms with Crippen molar-refractivity contribution in [2.75, 3.05) is 18.6 Å². The molecular weight excluding hydrogens is 430 g/mol. The summed E-state index contributed by atoms with van der Waals surface area (Å²) in [5.41, 5.74) is 2.90. The van der Waals surface area contributed by atoms with E-state index in [0.717, 1.165) is 41.8 Å². The third kappa shape index (κ3) is 3.89. The molecule has 2 N–H and O–H groups in total. The van der Waals surface area contributed by atoms with Crippen molar-refractivity contribution in [3.05, 3.63) is 76.2 Å². The number of hydrogen-bond donors (Lipinski definition) is 2. The molecule has 0 bridgehead atoms. The van der Waals surface area contributed by atoms with Crippen molar-refractivity contribution in [3.63, 3.8) is 0 Å². The number of carbonyl (C=O) groups is 1. The fourth-order valence-corrected chi connectivity index (χ4v) is 4.81. The van der Waals surface area contributed by atoms with Gasteiger partial charge in [-0.1, -0.05) is 24.3 Å². The third-order valence-electron chi connectivity index (χ3n) is 6.85. The fraction of sp³-hybridized carbons (Fsp3) is 0.346. The number of aromatic amines is 1. The van der Waals surface area contributed by atoms with E-state index in [1.807, 2.05) is 36.4 Å². The zero-order valence-corrected chi connectivity index (χ0v) is 19.5. The smallest absolute Gasteiger partial charge is 0.323 e. The SMILES string of the molecule is COc1ccc(CNC(=O)N2CCc3c([nH]n(C4(C)CC=CCC4)c3=O)-c3cccnc32)cc1. The highest BCUT2D eigenvalue weighted by atomic mass is 16.5. The van der Waals surface area contributed by atoms with Crippen molar-refractivity contribution in [1.82, 2.24) is 20.1 Å². The van der Waals surface area contributed by atoms with E-state index in [0.29, 0.717) is 30.9 Å². The lowest BCUT2D eigenvalue weighted by Crippen LogP contribution is -2.42. The summed E-state index contributed by atoms with van der Waals surface area (Å²) < 4.78 is 6.98. The van der Waals surface area contributed by atoms with Crippen LogP contribution in [0.3, 0.4) is 0 Å². The third-order valence-corrected chi connectivity index (χ3v) is 6.85. The standard InChI is InChI=1S/C26H29N5O3/c1-26(13-4-3-5-14-26)31-24(32)21-12-16-30(23-20(22(21)29-31)7-6-15-27-23)25(33)28-17-18-8-10-19(34-2)11-9-18/h3-4,6-11,15,29H,5,12-14,16-17H2,1-2H3,(H,28,33). The minimum atomic E-state index is -0.282. The van der Waals surface area contributed by atoms with E-state index in [1.165, 1.54) is 0 Å². The summed E-state index contributed by atoms with van der Waals surface area (Å²) in [6.45, 7) is 2.87. The highest BCUT2D eigenvalue weighted by Gasteiger charge is 2.34. The number of nitrogens with one attached hydrogen (secondary N) is 2. The Bertz CT molecular complexity index is 1290. The molecule has 8 heteroatoms. The zero-order valence-electron chi connectivity index (χ0n) is 19.5. The van der Waals surface area contributed by atoms with Crippen molar-refractivity contribution in [1.29, 1.82) is 0 Å². The van der Waals surface area contributed by atoms with Crippen molar-refractivity contribution in [2.45, 2.75) is 44.7 Å². The highest BCUT2D eigenvalue weighted by molar-refractivity contribution is 5.95. The molecule has 1 aliphatic heterocycles. The summed E-state index contributed by atoms with van der Waals surface area (Å²) in [4.78, 5) is 32.8.